The van der Waals surface area contributed by atoms with Crippen LogP contribution in [0.5, 0.6) is 5.75 Å². The third-order valence-corrected chi connectivity index (χ3v) is 11.0. The van der Waals surface area contributed by atoms with Gasteiger partial charge in [-0.3, -0.25) is 4.79 Å². The van der Waals surface area contributed by atoms with E-state index < -0.39 is 29.0 Å². The van der Waals surface area contributed by atoms with E-state index in [4.69, 9.17) is 25.7 Å². The van der Waals surface area contributed by atoms with Crippen LogP contribution in [0.3, 0.4) is 0 Å². The average Bonchev–Trinajstić information content (AvgIpc) is 3.50. The minimum atomic E-state index is -0.697. The lowest BCUT2D eigenvalue weighted by atomic mass is 9.44. The Bertz CT molecular complexity index is 1130. The van der Waals surface area contributed by atoms with E-state index >= 15 is 0 Å². The van der Waals surface area contributed by atoms with Crippen molar-refractivity contribution in [2.45, 2.75) is 78.6 Å². The van der Waals surface area contributed by atoms with Gasteiger partial charge in [0.15, 0.2) is 6.61 Å². The highest BCUT2D eigenvalue weighted by Gasteiger charge is 2.68. The SMILES string of the molecule is C=C[C@]1(C)C[C@@H](OC(=O)COc2ccc3c(c2Cl)[B]OC3)[C@]2(C)[C@H](C)CC[C@]3(CCC(=O)[C@H]32)[C@@H](C)[C@@H]1O.O. The maximum atomic E-state index is 13.5. The standard InChI is InChI=1S/C29H37BClO6.H2O/c1-6-27(4)13-21(37-22(33)15-35-20-8-7-18-14-36-30-23(18)24(20)31)28(5)16(2)9-11-29(17(3)26(27)34)12-10-19(32)25(28)29;/h6-8,16-17,21,25-26,34H,1,9-15H2,2-5H3;1H2/t16-,17+,21-,25+,26+,27-,28+,29+;/m1./s1. The molecule has 0 unspecified atom stereocenters. The van der Waals surface area contributed by atoms with Crippen LogP contribution in [0.2, 0.25) is 5.02 Å². The molecule has 5 rings (SSSR count). The van der Waals surface area contributed by atoms with E-state index in [0.29, 0.717) is 30.2 Å². The largest absolute Gasteiger partial charge is 0.480 e. The quantitative estimate of drug-likeness (QED) is 0.344. The zero-order valence-electron chi connectivity index (χ0n) is 22.7. The smallest absolute Gasteiger partial charge is 0.344 e. The van der Waals surface area contributed by atoms with Crippen LogP contribution in [0.4, 0.5) is 0 Å². The summed E-state index contributed by atoms with van der Waals surface area (Å²) in [6.07, 6.45) is 4.02. The molecule has 3 N–H and O–H groups in total. The Morgan fingerprint density at radius 1 is 1.32 bits per heavy atom. The number of esters is 1. The lowest BCUT2D eigenvalue weighted by Gasteiger charge is -2.61. The van der Waals surface area contributed by atoms with Crippen LogP contribution in [0.25, 0.3) is 0 Å². The first-order valence-corrected chi connectivity index (χ1v) is 13.8. The molecule has 0 spiro atoms. The van der Waals surface area contributed by atoms with E-state index in [1.54, 1.807) is 19.6 Å². The second-order valence-corrected chi connectivity index (χ2v) is 12.6. The van der Waals surface area contributed by atoms with E-state index in [0.717, 1.165) is 30.3 Å². The Morgan fingerprint density at radius 2 is 2.05 bits per heavy atom. The van der Waals surface area contributed by atoms with Crippen molar-refractivity contribution in [1.82, 2.24) is 0 Å². The van der Waals surface area contributed by atoms with Gasteiger partial charge in [-0.15, -0.1) is 6.58 Å². The molecule has 1 aromatic rings. The van der Waals surface area contributed by atoms with Crippen LogP contribution >= 0.6 is 11.6 Å². The number of Topliss-reactive ketones (excluding diaryl/α,β-unsaturated/α-hetero) is 1. The summed E-state index contributed by atoms with van der Waals surface area (Å²) in [5, 5.41) is 12.0. The van der Waals surface area contributed by atoms with Gasteiger partial charge in [-0.25, -0.2) is 4.79 Å². The van der Waals surface area contributed by atoms with Crippen LogP contribution in [0, 0.1) is 34.0 Å². The van der Waals surface area contributed by atoms with Crippen molar-refractivity contribution >= 4 is 36.3 Å². The molecule has 7 nitrogen and oxygen atoms in total. The minimum absolute atomic E-state index is 0. The highest BCUT2D eigenvalue weighted by molar-refractivity contribution is 6.55. The third kappa shape index (κ3) is 4.23. The molecule has 2 bridgehead atoms. The molecule has 1 radical (unpaired) electrons. The first kappa shape index (κ1) is 29.1. The molecule has 207 valence electrons. The van der Waals surface area contributed by atoms with Crippen LogP contribution in [-0.2, 0) is 25.6 Å². The van der Waals surface area contributed by atoms with Gasteiger partial charge in [-0.2, -0.15) is 0 Å². The zero-order valence-corrected chi connectivity index (χ0v) is 23.5. The van der Waals surface area contributed by atoms with Gasteiger partial charge < -0.3 is 24.7 Å². The molecule has 1 heterocycles. The number of rotatable bonds is 5. The molecule has 0 aromatic heterocycles. The summed E-state index contributed by atoms with van der Waals surface area (Å²) in [6.45, 7) is 12.6. The van der Waals surface area contributed by atoms with E-state index in [-0.39, 0.29) is 41.0 Å². The van der Waals surface area contributed by atoms with Crippen LogP contribution in [0.1, 0.15) is 65.4 Å². The number of halogens is 1. The van der Waals surface area contributed by atoms with Crippen molar-refractivity contribution in [2.75, 3.05) is 6.61 Å². The van der Waals surface area contributed by atoms with Gasteiger partial charge in [0.2, 0.25) is 0 Å². The van der Waals surface area contributed by atoms with Gasteiger partial charge in [0, 0.05) is 23.2 Å². The summed E-state index contributed by atoms with van der Waals surface area (Å²) < 4.78 is 17.3. The topological polar surface area (TPSA) is 114 Å². The van der Waals surface area contributed by atoms with E-state index in [1.807, 2.05) is 13.0 Å². The minimum Gasteiger partial charge on any atom is -0.480 e. The first-order valence-electron chi connectivity index (χ1n) is 13.4. The molecule has 4 aliphatic rings. The number of ether oxygens (including phenoxy) is 2. The number of carbonyl (C=O) groups excluding carboxylic acids is 2. The number of benzene rings is 1. The summed E-state index contributed by atoms with van der Waals surface area (Å²) in [5.74, 6) is -0.0594. The predicted molar refractivity (Wildman–Crippen MR) is 145 cm³/mol. The second kappa shape index (κ2) is 10.3. The Kier molecular flexibility index (Phi) is 7.87. The average molecular weight is 546 g/mol. The highest BCUT2D eigenvalue weighted by Crippen LogP contribution is 2.68. The van der Waals surface area contributed by atoms with E-state index in [2.05, 4.69) is 27.4 Å². The summed E-state index contributed by atoms with van der Waals surface area (Å²) in [7, 11) is 1.59. The lowest BCUT2D eigenvalue weighted by molar-refractivity contribution is -0.207. The number of hydrogen-bond donors (Lipinski definition) is 1. The van der Waals surface area contributed by atoms with Gasteiger partial charge in [0.1, 0.15) is 17.6 Å². The normalized spacial score (nSPS) is 39.5. The van der Waals surface area contributed by atoms with Gasteiger partial charge in [0.25, 0.3) is 0 Å². The van der Waals surface area contributed by atoms with E-state index in [9.17, 15) is 14.7 Å². The van der Waals surface area contributed by atoms with Crippen molar-refractivity contribution in [3.63, 3.8) is 0 Å². The Balaban J connectivity index is 0.00000336. The van der Waals surface area contributed by atoms with Crippen LogP contribution in [-0.4, -0.2) is 48.6 Å². The number of hydrogen-bond acceptors (Lipinski definition) is 6. The summed E-state index contributed by atoms with van der Waals surface area (Å²) in [6, 6.07) is 3.60. The maximum absolute atomic E-state index is 13.5. The molecule has 38 heavy (non-hydrogen) atoms. The number of aliphatic hydroxyl groups excluding tert-OH is 1. The highest BCUT2D eigenvalue weighted by atomic mass is 35.5. The van der Waals surface area contributed by atoms with Crippen molar-refractivity contribution in [3.05, 3.63) is 35.4 Å². The zero-order chi connectivity index (χ0) is 26.8. The molecule has 1 aliphatic heterocycles. The number of fused-ring (bicyclic) bond motifs is 1. The first-order chi connectivity index (χ1) is 17.5. The summed E-state index contributed by atoms with van der Waals surface area (Å²) in [4.78, 5) is 26.8. The van der Waals surface area contributed by atoms with Gasteiger partial charge >= 0.3 is 13.5 Å². The number of aliphatic hydroxyl groups is 1. The monoisotopic (exact) mass is 545 g/mol. The molecule has 3 aliphatic carbocycles. The third-order valence-electron chi connectivity index (χ3n) is 10.6. The fraction of sp³-hybridized carbons (Fsp3) is 0.655. The van der Waals surface area contributed by atoms with Crippen molar-refractivity contribution in [1.29, 1.82) is 0 Å². The Morgan fingerprint density at radius 3 is 2.76 bits per heavy atom. The number of carbonyl (C=O) groups is 2. The molecule has 8 atom stereocenters. The fourth-order valence-corrected chi connectivity index (χ4v) is 8.31. The van der Waals surface area contributed by atoms with Gasteiger partial charge in [-0.1, -0.05) is 51.4 Å². The molecule has 1 aromatic carbocycles. The molecule has 0 saturated heterocycles. The van der Waals surface area contributed by atoms with Crippen molar-refractivity contribution < 1.29 is 34.3 Å². The van der Waals surface area contributed by atoms with Crippen LogP contribution < -0.4 is 10.2 Å². The predicted octanol–water partition coefficient (Wildman–Crippen LogP) is 3.58. The molecule has 3 fully saturated rings. The fourth-order valence-electron chi connectivity index (χ4n) is 8.02. The van der Waals surface area contributed by atoms with Gasteiger partial charge in [-0.05, 0) is 60.0 Å². The van der Waals surface area contributed by atoms with Crippen LogP contribution in [0.15, 0.2) is 24.8 Å². The molecular formula is C29H39BClO7. The van der Waals surface area contributed by atoms with Crippen molar-refractivity contribution in [3.8, 4) is 5.75 Å². The number of ketones is 1. The summed E-state index contributed by atoms with van der Waals surface area (Å²) in [5.41, 5.74) is 0.191. The molecule has 3 saturated carbocycles. The Hall–Kier alpha value is -1.87. The Labute approximate surface area is 230 Å². The maximum Gasteiger partial charge on any atom is 0.344 e. The molecule has 0 amide bonds. The lowest BCUT2D eigenvalue weighted by Crippen LogP contribution is -2.63. The second-order valence-electron chi connectivity index (χ2n) is 12.2. The molecular weight excluding hydrogens is 507 g/mol. The van der Waals surface area contributed by atoms with Crippen molar-refractivity contribution in [2.24, 2.45) is 34.0 Å². The summed E-state index contributed by atoms with van der Waals surface area (Å²) >= 11 is 6.48. The van der Waals surface area contributed by atoms with E-state index in [1.165, 1.54) is 0 Å². The van der Waals surface area contributed by atoms with Gasteiger partial charge in [0.05, 0.1) is 17.7 Å². The molecule has 9 heteroatoms.